The summed E-state index contributed by atoms with van der Waals surface area (Å²) in [5, 5.41) is 17.0. The smallest absolute Gasteiger partial charge is 0.272 e. The summed E-state index contributed by atoms with van der Waals surface area (Å²) in [6.45, 7) is 5.09. The lowest BCUT2D eigenvalue weighted by Crippen LogP contribution is -2.37. The Hall–Kier alpha value is -1.95. The summed E-state index contributed by atoms with van der Waals surface area (Å²) in [4.78, 5) is 22.6. The van der Waals surface area contributed by atoms with Gasteiger partial charge in [0.15, 0.2) is 0 Å². The molecular formula is C14H19N3O3. The van der Waals surface area contributed by atoms with Crippen LogP contribution in [0.2, 0.25) is 0 Å². The number of anilines is 1. The zero-order chi connectivity index (χ0) is 14.7. The van der Waals surface area contributed by atoms with Gasteiger partial charge in [0, 0.05) is 23.9 Å². The van der Waals surface area contributed by atoms with Crippen molar-refractivity contribution in [1.29, 1.82) is 0 Å². The van der Waals surface area contributed by atoms with Gasteiger partial charge in [-0.15, -0.1) is 0 Å². The van der Waals surface area contributed by atoms with Crippen molar-refractivity contribution in [3.05, 3.63) is 33.4 Å². The van der Waals surface area contributed by atoms with Crippen molar-refractivity contribution in [1.82, 2.24) is 5.32 Å². The third kappa shape index (κ3) is 3.14. The van der Waals surface area contributed by atoms with E-state index in [0.29, 0.717) is 23.4 Å². The number of benzene rings is 1. The Bertz CT molecular complexity index is 537. The summed E-state index contributed by atoms with van der Waals surface area (Å²) in [6.07, 6.45) is 1.88. The third-order valence-corrected chi connectivity index (χ3v) is 3.67. The van der Waals surface area contributed by atoms with Crippen molar-refractivity contribution in [2.45, 2.75) is 26.7 Å². The summed E-state index contributed by atoms with van der Waals surface area (Å²) >= 11 is 0. The minimum absolute atomic E-state index is 0.0199. The van der Waals surface area contributed by atoms with Crippen LogP contribution in [0.4, 0.5) is 11.4 Å². The summed E-state index contributed by atoms with van der Waals surface area (Å²) in [7, 11) is 0. The first-order chi connectivity index (χ1) is 9.49. The first kappa shape index (κ1) is 14.5. The van der Waals surface area contributed by atoms with E-state index in [2.05, 4.69) is 10.6 Å². The molecule has 1 aliphatic heterocycles. The van der Waals surface area contributed by atoms with Gasteiger partial charge in [-0.2, -0.15) is 0 Å². The lowest BCUT2D eigenvalue weighted by Gasteiger charge is -2.22. The second kappa shape index (κ2) is 6.00. The van der Waals surface area contributed by atoms with Gasteiger partial charge < -0.3 is 10.6 Å². The Kier molecular flexibility index (Phi) is 4.34. The zero-order valence-electron chi connectivity index (χ0n) is 11.7. The number of nitro benzene ring substituents is 1. The molecule has 1 heterocycles. The predicted molar refractivity (Wildman–Crippen MR) is 76.8 cm³/mol. The van der Waals surface area contributed by atoms with Gasteiger partial charge in [-0.3, -0.25) is 14.9 Å². The van der Waals surface area contributed by atoms with Crippen LogP contribution in [0, 0.1) is 29.9 Å². The fourth-order valence-corrected chi connectivity index (χ4v) is 2.44. The summed E-state index contributed by atoms with van der Waals surface area (Å²) in [6, 6.07) is 3.17. The van der Waals surface area contributed by atoms with Crippen molar-refractivity contribution < 1.29 is 9.72 Å². The number of rotatable bonds is 3. The SMILES string of the molecule is Cc1cc([N+](=O)[O-])c(C)cc1NC(=O)[C@H]1CCCNC1. The van der Waals surface area contributed by atoms with Crippen LogP contribution in [0.25, 0.3) is 0 Å². The molecule has 1 aromatic carbocycles. The second-order valence-corrected chi connectivity index (χ2v) is 5.24. The van der Waals surface area contributed by atoms with Gasteiger partial charge in [0.1, 0.15) is 0 Å². The average Bonchev–Trinajstić information content (AvgIpc) is 2.43. The number of piperidine rings is 1. The number of carbonyl (C=O) groups excluding carboxylic acids is 1. The molecule has 0 aliphatic carbocycles. The van der Waals surface area contributed by atoms with Crippen molar-refractivity contribution in [3.8, 4) is 0 Å². The Balaban J connectivity index is 2.15. The van der Waals surface area contributed by atoms with Gasteiger partial charge in [-0.1, -0.05) is 0 Å². The van der Waals surface area contributed by atoms with E-state index in [-0.39, 0.29) is 17.5 Å². The van der Waals surface area contributed by atoms with E-state index >= 15 is 0 Å². The van der Waals surface area contributed by atoms with Gasteiger partial charge in [-0.25, -0.2) is 0 Å². The van der Waals surface area contributed by atoms with Gasteiger partial charge in [0.25, 0.3) is 5.69 Å². The molecule has 0 aromatic heterocycles. The van der Waals surface area contributed by atoms with E-state index in [1.807, 2.05) is 0 Å². The van der Waals surface area contributed by atoms with Crippen LogP contribution in [0.15, 0.2) is 12.1 Å². The number of amides is 1. The monoisotopic (exact) mass is 277 g/mol. The van der Waals surface area contributed by atoms with Gasteiger partial charge >= 0.3 is 0 Å². The Morgan fingerprint density at radius 2 is 2.15 bits per heavy atom. The highest BCUT2D eigenvalue weighted by atomic mass is 16.6. The Morgan fingerprint density at radius 1 is 1.40 bits per heavy atom. The van der Waals surface area contributed by atoms with Gasteiger partial charge in [-0.05, 0) is 44.9 Å². The molecule has 0 spiro atoms. The molecule has 108 valence electrons. The average molecular weight is 277 g/mol. The van der Waals surface area contributed by atoms with Gasteiger partial charge in [0.2, 0.25) is 5.91 Å². The van der Waals surface area contributed by atoms with Crippen molar-refractivity contribution >= 4 is 17.3 Å². The summed E-state index contributed by atoms with van der Waals surface area (Å²) in [5.74, 6) is -0.0489. The quantitative estimate of drug-likeness (QED) is 0.655. The van der Waals surface area contributed by atoms with E-state index in [4.69, 9.17) is 0 Å². The largest absolute Gasteiger partial charge is 0.326 e. The molecule has 1 saturated heterocycles. The standard InChI is InChI=1S/C14H19N3O3/c1-9-7-13(17(19)20)10(2)6-12(9)16-14(18)11-4-3-5-15-8-11/h6-7,11,15H,3-5,8H2,1-2H3,(H,16,18)/t11-/m0/s1. The van der Waals surface area contributed by atoms with Crippen LogP contribution in [0.3, 0.4) is 0 Å². The van der Waals surface area contributed by atoms with Crippen LogP contribution < -0.4 is 10.6 Å². The van der Waals surface area contributed by atoms with E-state index in [1.54, 1.807) is 19.9 Å². The molecule has 0 radical (unpaired) electrons. The Labute approximate surface area is 117 Å². The number of nitrogens with one attached hydrogen (secondary N) is 2. The predicted octanol–water partition coefficient (Wildman–Crippen LogP) is 2.15. The molecule has 0 bridgehead atoms. The van der Waals surface area contributed by atoms with Crippen molar-refractivity contribution in [2.24, 2.45) is 5.92 Å². The summed E-state index contributed by atoms with van der Waals surface area (Å²) < 4.78 is 0. The topological polar surface area (TPSA) is 84.3 Å². The number of aryl methyl sites for hydroxylation is 2. The van der Waals surface area contributed by atoms with Crippen LogP contribution in [0.5, 0.6) is 0 Å². The van der Waals surface area contributed by atoms with Crippen LogP contribution >= 0.6 is 0 Å². The molecule has 1 fully saturated rings. The molecule has 2 N–H and O–H groups in total. The zero-order valence-corrected chi connectivity index (χ0v) is 11.7. The molecule has 0 unspecified atom stereocenters. The molecule has 0 saturated carbocycles. The van der Waals surface area contributed by atoms with E-state index < -0.39 is 4.92 Å². The molecular weight excluding hydrogens is 258 g/mol. The maximum Gasteiger partial charge on any atom is 0.272 e. The molecule has 1 amide bonds. The maximum absolute atomic E-state index is 12.2. The minimum Gasteiger partial charge on any atom is -0.326 e. The van der Waals surface area contributed by atoms with Crippen molar-refractivity contribution in [2.75, 3.05) is 18.4 Å². The van der Waals surface area contributed by atoms with E-state index in [0.717, 1.165) is 19.4 Å². The number of hydrogen-bond donors (Lipinski definition) is 2. The third-order valence-electron chi connectivity index (χ3n) is 3.67. The molecule has 6 heteroatoms. The number of nitrogens with zero attached hydrogens (tertiary/aromatic N) is 1. The maximum atomic E-state index is 12.2. The highest BCUT2D eigenvalue weighted by molar-refractivity contribution is 5.93. The highest BCUT2D eigenvalue weighted by Gasteiger charge is 2.22. The lowest BCUT2D eigenvalue weighted by atomic mass is 9.98. The lowest BCUT2D eigenvalue weighted by molar-refractivity contribution is -0.385. The molecule has 2 rings (SSSR count). The Morgan fingerprint density at radius 3 is 2.75 bits per heavy atom. The molecule has 20 heavy (non-hydrogen) atoms. The molecule has 1 aliphatic rings. The summed E-state index contributed by atoms with van der Waals surface area (Å²) in [5.41, 5.74) is 2.00. The number of carbonyl (C=O) groups is 1. The molecule has 1 aromatic rings. The van der Waals surface area contributed by atoms with E-state index in [9.17, 15) is 14.9 Å². The van der Waals surface area contributed by atoms with Crippen LogP contribution in [-0.2, 0) is 4.79 Å². The fraction of sp³-hybridized carbons (Fsp3) is 0.500. The number of nitro groups is 1. The fourth-order valence-electron chi connectivity index (χ4n) is 2.44. The molecule has 6 nitrogen and oxygen atoms in total. The second-order valence-electron chi connectivity index (χ2n) is 5.24. The first-order valence-electron chi connectivity index (χ1n) is 6.76. The van der Waals surface area contributed by atoms with Crippen LogP contribution in [-0.4, -0.2) is 23.9 Å². The normalized spacial score (nSPS) is 18.6. The van der Waals surface area contributed by atoms with Crippen molar-refractivity contribution in [3.63, 3.8) is 0 Å². The first-order valence-corrected chi connectivity index (χ1v) is 6.76. The van der Waals surface area contributed by atoms with E-state index in [1.165, 1.54) is 6.07 Å². The molecule has 1 atom stereocenters. The number of hydrogen-bond acceptors (Lipinski definition) is 4. The van der Waals surface area contributed by atoms with Crippen LogP contribution in [0.1, 0.15) is 24.0 Å². The van der Waals surface area contributed by atoms with Gasteiger partial charge in [0.05, 0.1) is 10.8 Å². The minimum atomic E-state index is -0.404. The highest BCUT2D eigenvalue weighted by Crippen LogP contribution is 2.26.